The number of nitrogens with one attached hydrogen (secondary N) is 1. The number of piperidine rings is 1. The van der Waals surface area contributed by atoms with Crippen LogP contribution in [0.1, 0.15) is 68.9 Å². The second kappa shape index (κ2) is 11.5. The van der Waals surface area contributed by atoms with Gasteiger partial charge in [0.1, 0.15) is 11.6 Å². The molecule has 0 aliphatic carbocycles. The minimum absolute atomic E-state index is 0.0157. The summed E-state index contributed by atoms with van der Waals surface area (Å²) in [6, 6.07) is 7.38. The molecule has 228 valence electrons. The number of pyridine rings is 2. The van der Waals surface area contributed by atoms with Crippen LogP contribution in [0.15, 0.2) is 41.4 Å². The Morgan fingerprint density at radius 3 is 2.40 bits per heavy atom. The third-order valence-electron chi connectivity index (χ3n) is 8.11. The number of carbonyl (C=O) groups excluding carboxylic acids is 1. The van der Waals surface area contributed by atoms with Crippen LogP contribution in [0.5, 0.6) is 0 Å². The number of carbonyl (C=O) groups is 1. The standard InChI is InChI=1S/C28H39N7O5S2/c1-20-17-28(2,3)35(18-20)26-22(27(36)32-41(37,38)25-11-7-10-24(29)31-25)12-13-23(30-26)21-9-8-16-34(19-21)42(39,40)33-14-5-4-6-15-33/h7,9-13,20H,4-6,8,14-19H2,1-3H3,(H2,29,31)(H,32,36)/t20-/m0/s1. The number of nitrogen functional groups attached to an aromatic ring is 1. The van der Waals surface area contributed by atoms with Crippen LogP contribution in [0.2, 0.25) is 0 Å². The molecule has 14 heteroatoms. The highest BCUT2D eigenvalue weighted by molar-refractivity contribution is 7.90. The van der Waals surface area contributed by atoms with E-state index in [1.807, 2.05) is 11.0 Å². The van der Waals surface area contributed by atoms with Gasteiger partial charge in [0.15, 0.2) is 5.03 Å². The topological polar surface area (TPSA) is 159 Å². The zero-order chi connectivity index (χ0) is 30.3. The Labute approximate surface area is 248 Å². The molecule has 3 aliphatic rings. The molecule has 3 N–H and O–H groups in total. The maximum Gasteiger partial charge on any atom is 0.282 e. The molecular formula is C28H39N7O5S2. The van der Waals surface area contributed by atoms with Gasteiger partial charge >= 0.3 is 0 Å². The third-order valence-corrected chi connectivity index (χ3v) is 11.3. The zero-order valence-corrected chi connectivity index (χ0v) is 25.9. The molecule has 0 bridgehead atoms. The Kier molecular flexibility index (Phi) is 8.36. The van der Waals surface area contributed by atoms with Crippen LogP contribution >= 0.6 is 0 Å². The molecule has 0 spiro atoms. The number of nitrogens with zero attached hydrogens (tertiary/aromatic N) is 5. The van der Waals surface area contributed by atoms with Gasteiger partial charge in [-0.1, -0.05) is 25.5 Å². The van der Waals surface area contributed by atoms with Gasteiger partial charge in [-0.3, -0.25) is 4.79 Å². The molecule has 2 aromatic rings. The number of anilines is 2. The van der Waals surface area contributed by atoms with E-state index in [0.29, 0.717) is 50.0 Å². The molecular weight excluding hydrogens is 578 g/mol. The Bertz CT molecular complexity index is 1600. The van der Waals surface area contributed by atoms with Crippen LogP contribution in [0.25, 0.3) is 5.57 Å². The number of hydrogen-bond donors (Lipinski definition) is 2. The fraction of sp³-hybridized carbons (Fsp3) is 0.536. The molecule has 12 nitrogen and oxygen atoms in total. The van der Waals surface area contributed by atoms with Crippen molar-refractivity contribution in [3.63, 3.8) is 0 Å². The molecule has 5 heterocycles. The van der Waals surface area contributed by atoms with Gasteiger partial charge in [0.25, 0.3) is 26.1 Å². The van der Waals surface area contributed by atoms with Crippen molar-refractivity contribution in [3.8, 4) is 0 Å². The van der Waals surface area contributed by atoms with E-state index in [4.69, 9.17) is 10.7 Å². The molecule has 5 rings (SSSR count). The van der Waals surface area contributed by atoms with Gasteiger partial charge in [-0.15, -0.1) is 0 Å². The van der Waals surface area contributed by atoms with Crippen molar-refractivity contribution in [1.29, 1.82) is 0 Å². The van der Waals surface area contributed by atoms with E-state index in [2.05, 4.69) is 30.5 Å². The smallest absolute Gasteiger partial charge is 0.282 e. The lowest BCUT2D eigenvalue weighted by Crippen LogP contribution is -2.47. The molecule has 3 aliphatic heterocycles. The van der Waals surface area contributed by atoms with Gasteiger partial charge in [-0.2, -0.15) is 25.4 Å². The van der Waals surface area contributed by atoms with Crippen LogP contribution in [-0.2, 0) is 20.2 Å². The number of hydrogen-bond acceptors (Lipinski definition) is 9. The molecule has 1 atom stereocenters. The summed E-state index contributed by atoms with van der Waals surface area (Å²) in [4.78, 5) is 24.3. The van der Waals surface area contributed by atoms with Crippen molar-refractivity contribution in [1.82, 2.24) is 23.3 Å². The summed E-state index contributed by atoms with van der Waals surface area (Å²) >= 11 is 0. The molecule has 0 saturated carbocycles. The van der Waals surface area contributed by atoms with Gasteiger partial charge in [-0.25, -0.2) is 14.7 Å². The normalized spacial score (nSPS) is 22.1. The van der Waals surface area contributed by atoms with E-state index in [9.17, 15) is 21.6 Å². The van der Waals surface area contributed by atoms with E-state index in [1.54, 1.807) is 16.4 Å². The molecule has 2 fully saturated rings. The van der Waals surface area contributed by atoms with Crippen LogP contribution in [0.3, 0.4) is 0 Å². The summed E-state index contributed by atoms with van der Waals surface area (Å²) in [5.74, 6) is -0.148. The average Bonchev–Trinajstić information content (AvgIpc) is 3.24. The summed E-state index contributed by atoms with van der Waals surface area (Å²) in [6.07, 6.45) is 6.14. The zero-order valence-electron chi connectivity index (χ0n) is 24.3. The summed E-state index contributed by atoms with van der Waals surface area (Å²) in [5.41, 5.74) is 6.71. The summed E-state index contributed by atoms with van der Waals surface area (Å²) < 4.78 is 58.0. The Balaban J connectivity index is 1.48. The lowest BCUT2D eigenvalue weighted by Gasteiger charge is -2.35. The number of amides is 1. The van der Waals surface area contributed by atoms with Crippen molar-refractivity contribution in [2.45, 2.75) is 63.4 Å². The van der Waals surface area contributed by atoms with E-state index >= 15 is 0 Å². The summed E-state index contributed by atoms with van der Waals surface area (Å²) in [7, 11) is -7.91. The number of sulfonamides is 1. The Hall–Kier alpha value is -3.07. The quantitative estimate of drug-likeness (QED) is 0.476. The molecule has 0 unspecified atom stereocenters. The van der Waals surface area contributed by atoms with Crippen molar-refractivity contribution < 1.29 is 21.6 Å². The van der Waals surface area contributed by atoms with Crippen LogP contribution in [-0.4, -0.2) is 79.6 Å². The summed E-state index contributed by atoms with van der Waals surface area (Å²) in [5, 5.41) is -0.362. The first kappa shape index (κ1) is 30.4. The third kappa shape index (κ3) is 6.17. The lowest BCUT2D eigenvalue weighted by atomic mass is 9.97. The van der Waals surface area contributed by atoms with Crippen LogP contribution in [0, 0.1) is 5.92 Å². The fourth-order valence-corrected chi connectivity index (χ4v) is 8.76. The van der Waals surface area contributed by atoms with E-state index < -0.39 is 26.1 Å². The second-order valence-corrected chi connectivity index (χ2v) is 15.5. The van der Waals surface area contributed by atoms with Gasteiger partial charge in [-0.05, 0) is 75.3 Å². The van der Waals surface area contributed by atoms with E-state index in [0.717, 1.165) is 31.3 Å². The highest BCUT2D eigenvalue weighted by Crippen LogP contribution is 2.38. The molecule has 0 radical (unpaired) electrons. The Morgan fingerprint density at radius 1 is 1.00 bits per heavy atom. The van der Waals surface area contributed by atoms with Gasteiger partial charge in [0.2, 0.25) is 0 Å². The maximum atomic E-state index is 13.5. The number of rotatable bonds is 7. The largest absolute Gasteiger partial charge is 0.384 e. The van der Waals surface area contributed by atoms with Crippen molar-refractivity contribution in [2.75, 3.05) is 43.4 Å². The number of aromatic nitrogens is 2. The first-order chi connectivity index (χ1) is 19.8. The molecule has 42 heavy (non-hydrogen) atoms. The summed E-state index contributed by atoms with van der Waals surface area (Å²) in [6.45, 7) is 8.49. The highest BCUT2D eigenvalue weighted by atomic mass is 32.2. The second-order valence-electron chi connectivity index (χ2n) is 12.0. The number of nitrogens with two attached hydrogens (primary N) is 1. The first-order valence-corrected chi connectivity index (χ1v) is 17.2. The predicted octanol–water partition coefficient (Wildman–Crippen LogP) is 2.62. The van der Waals surface area contributed by atoms with Gasteiger partial charge < -0.3 is 10.6 Å². The minimum atomic E-state index is -4.30. The lowest BCUT2D eigenvalue weighted by molar-refractivity contribution is 0.0981. The first-order valence-electron chi connectivity index (χ1n) is 14.3. The molecule has 2 saturated heterocycles. The molecule has 0 aromatic carbocycles. The minimum Gasteiger partial charge on any atom is -0.384 e. The van der Waals surface area contributed by atoms with E-state index in [-0.39, 0.29) is 28.5 Å². The van der Waals surface area contributed by atoms with Crippen molar-refractivity contribution >= 4 is 43.3 Å². The van der Waals surface area contributed by atoms with Gasteiger partial charge in [0.05, 0.1) is 11.3 Å². The molecule has 1 amide bonds. The SMILES string of the molecule is C[C@@H]1CN(c2nc(C3=CCCN(S(=O)(=O)N4CCCCC4)C3)ccc2C(=O)NS(=O)(=O)c2cccc(N)n2)C(C)(C)C1. The monoisotopic (exact) mass is 617 g/mol. The highest BCUT2D eigenvalue weighted by Gasteiger charge is 2.40. The van der Waals surface area contributed by atoms with Crippen LogP contribution < -0.4 is 15.4 Å². The van der Waals surface area contributed by atoms with E-state index in [1.165, 1.54) is 22.5 Å². The average molecular weight is 618 g/mol. The van der Waals surface area contributed by atoms with Crippen molar-refractivity contribution in [2.24, 2.45) is 5.92 Å². The molecule has 2 aromatic heterocycles. The fourth-order valence-electron chi connectivity index (χ4n) is 6.14. The Morgan fingerprint density at radius 2 is 1.74 bits per heavy atom. The van der Waals surface area contributed by atoms with Gasteiger partial charge in [0, 0.05) is 38.3 Å². The maximum absolute atomic E-state index is 13.5. The van der Waals surface area contributed by atoms with Crippen LogP contribution in [0.4, 0.5) is 11.6 Å². The predicted molar refractivity (Wildman–Crippen MR) is 161 cm³/mol. The van der Waals surface area contributed by atoms with Crippen molar-refractivity contribution in [3.05, 3.63) is 47.7 Å².